The van der Waals surface area contributed by atoms with E-state index in [1.54, 1.807) is 31.3 Å². The summed E-state index contributed by atoms with van der Waals surface area (Å²) in [4.78, 5) is 89.5. The van der Waals surface area contributed by atoms with E-state index in [4.69, 9.17) is 4.74 Å². The Morgan fingerprint density at radius 2 is 1.61 bits per heavy atom. The molecule has 394 valence electrons. The summed E-state index contributed by atoms with van der Waals surface area (Å²) in [7, 11) is -0.802. The molecule has 5 amide bonds. The van der Waals surface area contributed by atoms with Gasteiger partial charge in [0.15, 0.2) is 0 Å². The van der Waals surface area contributed by atoms with Crippen molar-refractivity contribution in [3.05, 3.63) is 72.2 Å². The Kier molecular flexibility index (Phi) is 21.7. The lowest BCUT2D eigenvalue weighted by molar-refractivity contribution is -0.150. The van der Waals surface area contributed by atoms with Gasteiger partial charge >= 0.3 is 0 Å². The van der Waals surface area contributed by atoms with E-state index in [9.17, 15) is 37.2 Å². The number of ketones is 1. The number of sulfonamides is 1. The molecule has 18 heteroatoms. The standard InChI is InChI=1S/C53H82N8O9S/c1-14-37(8)51(57(12)53(67)44(34(2)3)30-50(65)61(35(4)5)36(6)7)47(70-13)31-49(64)59-26-18-22-45(59)39(10)40(11)46(62)29-42(28-41-20-16-15-17-21-41)52(66)55-71(68,69)27-19-25-58-32-43(54-56-58)33-60-38(9)23-24-48(60)63/h15-17,20-21,23-24,32,34-37,39-40,42,44-45,47,51H,9,14,18-19,22,25-31,33H2,1-8,10-13H3,(H,55,66)/t37-,39+,40+,42+,44-,45-,47+,51-/m0/s1. The fourth-order valence-corrected chi connectivity index (χ4v) is 11.4. The molecule has 17 nitrogen and oxygen atoms in total. The number of amides is 5. The molecule has 0 spiro atoms. The monoisotopic (exact) mass is 1010 g/mol. The number of Topliss-reactive ketones (excluding diaryl/α,β-unsaturated/α-hetero) is 1. The van der Waals surface area contributed by atoms with Crippen LogP contribution in [0.25, 0.3) is 0 Å². The molecule has 2 aromatic rings. The molecule has 0 bridgehead atoms. The van der Waals surface area contributed by atoms with Crippen molar-refractivity contribution in [1.29, 1.82) is 0 Å². The van der Waals surface area contributed by atoms with Gasteiger partial charge in [0.1, 0.15) is 11.5 Å². The van der Waals surface area contributed by atoms with Crippen LogP contribution in [0.15, 0.2) is 61.0 Å². The van der Waals surface area contributed by atoms with E-state index in [1.807, 2.05) is 109 Å². The summed E-state index contributed by atoms with van der Waals surface area (Å²) in [5.41, 5.74) is 1.82. The molecule has 2 aliphatic rings. The van der Waals surface area contributed by atoms with Crippen LogP contribution in [-0.2, 0) is 63.0 Å². The summed E-state index contributed by atoms with van der Waals surface area (Å²) >= 11 is 0. The first-order valence-corrected chi connectivity index (χ1v) is 27.1. The highest BCUT2D eigenvalue weighted by atomic mass is 32.2. The third-order valence-electron chi connectivity index (χ3n) is 14.7. The fraction of sp³-hybridized carbons (Fsp3) is 0.660. The normalized spacial score (nSPS) is 18.2. The maximum Gasteiger partial charge on any atom is 0.251 e. The molecule has 1 fully saturated rings. The number of nitrogens with one attached hydrogen (secondary N) is 1. The van der Waals surface area contributed by atoms with Gasteiger partial charge in [0, 0.05) is 87.7 Å². The highest BCUT2D eigenvalue weighted by Gasteiger charge is 2.42. The minimum absolute atomic E-state index is 0.0113. The van der Waals surface area contributed by atoms with Crippen molar-refractivity contribution in [1.82, 2.24) is 39.3 Å². The van der Waals surface area contributed by atoms with Gasteiger partial charge in [-0.1, -0.05) is 90.1 Å². The lowest BCUT2D eigenvalue weighted by atomic mass is 9.81. The van der Waals surface area contributed by atoms with Crippen LogP contribution in [-0.4, -0.2) is 135 Å². The molecular weight excluding hydrogens is 925 g/mol. The highest BCUT2D eigenvalue weighted by molar-refractivity contribution is 7.90. The van der Waals surface area contributed by atoms with Gasteiger partial charge in [0.05, 0.1) is 37.1 Å². The van der Waals surface area contributed by atoms with Crippen LogP contribution >= 0.6 is 0 Å². The van der Waals surface area contributed by atoms with E-state index < -0.39 is 45.8 Å². The average molecular weight is 1010 g/mol. The SMILES string of the molecule is C=C1C=CC(=O)N1Cc1cn(CCCS(=O)(=O)NC(=O)[C@@H](CC(=O)[C@H](C)[C@@H](C)[C@@H]2CCCN2C(=O)C[C@@H](OC)[C@H]([C@@H](C)CC)N(C)C(=O)[C@@H](CC(=O)N(C(C)C)C(C)C)C(C)C)Cc2ccccc2)nn1. The van der Waals surface area contributed by atoms with Gasteiger partial charge in [0.25, 0.3) is 5.91 Å². The number of carbonyl (C=O) groups excluding carboxylic acids is 6. The number of carbonyl (C=O) groups is 6. The third-order valence-corrected chi connectivity index (χ3v) is 16.0. The van der Waals surface area contributed by atoms with E-state index in [0.29, 0.717) is 24.4 Å². The summed E-state index contributed by atoms with van der Waals surface area (Å²) in [6, 6.07) is 8.37. The van der Waals surface area contributed by atoms with Crippen molar-refractivity contribution in [3.8, 4) is 0 Å². The van der Waals surface area contributed by atoms with E-state index in [2.05, 4.69) is 21.6 Å². The molecule has 2 aliphatic heterocycles. The van der Waals surface area contributed by atoms with E-state index in [-0.39, 0.29) is 116 Å². The minimum atomic E-state index is -4.11. The number of ether oxygens (including phenoxy) is 1. The van der Waals surface area contributed by atoms with Gasteiger partial charge in [0.2, 0.25) is 33.7 Å². The zero-order valence-electron chi connectivity index (χ0n) is 44.4. The lowest BCUT2D eigenvalue weighted by Crippen LogP contribution is -2.54. The van der Waals surface area contributed by atoms with E-state index in [1.165, 1.54) is 15.7 Å². The number of nitrogens with zero attached hydrogens (tertiary/aromatic N) is 7. The second kappa shape index (κ2) is 26.5. The summed E-state index contributed by atoms with van der Waals surface area (Å²) in [6.45, 7) is 24.4. The number of hydrogen-bond acceptors (Lipinski definition) is 11. The van der Waals surface area contributed by atoms with Crippen molar-refractivity contribution >= 4 is 45.3 Å². The van der Waals surface area contributed by atoms with Gasteiger partial charge in [-0.2, -0.15) is 0 Å². The maximum atomic E-state index is 14.4. The zero-order chi connectivity index (χ0) is 52.9. The van der Waals surface area contributed by atoms with Crippen LogP contribution in [0.4, 0.5) is 0 Å². The Hall–Kier alpha value is -5.23. The molecule has 0 radical (unpaired) electrons. The maximum absolute atomic E-state index is 14.4. The van der Waals surface area contributed by atoms with Crippen molar-refractivity contribution in [2.45, 2.75) is 164 Å². The molecule has 1 N–H and O–H groups in total. The minimum Gasteiger partial charge on any atom is -0.379 e. The molecule has 4 rings (SSSR count). The van der Waals surface area contributed by atoms with Gasteiger partial charge < -0.3 is 24.3 Å². The summed E-state index contributed by atoms with van der Waals surface area (Å²) in [5.74, 6) is -4.50. The Morgan fingerprint density at radius 3 is 2.18 bits per heavy atom. The van der Waals surface area contributed by atoms with Crippen molar-refractivity contribution < 1.29 is 41.9 Å². The van der Waals surface area contributed by atoms with Crippen molar-refractivity contribution in [3.63, 3.8) is 0 Å². The van der Waals surface area contributed by atoms with Crippen molar-refractivity contribution in [2.24, 2.45) is 35.5 Å². The van der Waals surface area contributed by atoms with Crippen LogP contribution in [0.5, 0.6) is 0 Å². The second-order valence-corrected chi connectivity index (χ2v) is 22.6. The van der Waals surface area contributed by atoms with Gasteiger partial charge in [-0.3, -0.25) is 38.2 Å². The predicted octanol–water partition coefficient (Wildman–Crippen LogP) is 6.19. The average Bonchev–Trinajstić information content (AvgIpc) is 4.07. The number of allylic oxidation sites excluding steroid dienone is 1. The van der Waals surface area contributed by atoms with Crippen molar-refractivity contribution in [2.75, 3.05) is 26.5 Å². The lowest BCUT2D eigenvalue weighted by Gasteiger charge is -2.41. The smallest absolute Gasteiger partial charge is 0.251 e. The molecule has 0 unspecified atom stereocenters. The number of rotatable bonds is 28. The molecule has 0 aliphatic carbocycles. The number of aromatic nitrogens is 3. The number of methoxy groups -OCH3 is 1. The Morgan fingerprint density at radius 1 is 0.944 bits per heavy atom. The first kappa shape index (κ1) is 58.3. The summed E-state index contributed by atoms with van der Waals surface area (Å²) in [6.07, 6.45) is 6.30. The Bertz CT molecular complexity index is 2270. The summed E-state index contributed by atoms with van der Waals surface area (Å²) in [5, 5.41) is 8.14. The summed E-state index contributed by atoms with van der Waals surface area (Å²) < 4.78 is 36.4. The van der Waals surface area contributed by atoms with Gasteiger partial charge in [-0.25, -0.2) is 8.42 Å². The Balaban J connectivity index is 1.42. The second-order valence-electron chi connectivity index (χ2n) is 20.7. The topological polar surface area (TPSA) is 201 Å². The van der Waals surface area contributed by atoms with Gasteiger partial charge in [-0.05, 0) is 82.8 Å². The molecule has 1 aromatic carbocycles. The first-order valence-electron chi connectivity index (χ1n) is 25.5. The number of aryl methyl sites for hydroxylation is 1. The number of likely N-dealkylation sites (N-methyl/N-ethyl adjacent to an activating group) is 1. The zero-order valence-corrected chi connectivity index (χ0v) is 45.2. The molecule has 1 aromatic heterocycles. The molecule has 0 saturated carbocycles. The fourth-order valence-electron chi connectivity index (χ4n) is 10.3. The van der Waals surface area contributed by atoms with Crippen LogP contribution in [0, 0.1) is 35.5 Å². The van der Waals surface area contributed by atoms with Crippen LogP contribution < -0.4 is 4.72 Å². The molecular formula is C53H82N8O9S. The molecule has 3 heterocycles. The largest absolute Gasteiger partial charge is 0.379 e. The number of benzene rings is 1. The van der Waals surface area contributed by atoms with Gasteiger partial charge in [-0.15, -0.1) is 5.10 Å². The predicted molar refractivity (Wildman–Crippen MR) is 273 cm³/mol. The molecule has 1 saturated heterocycles. The molecule has 8 atom stereocenters. The number of likely N-dealkylation sites (tertiary alicyclic amines) is 1. The highest BCUT2D eigenvalue weighted by Crippen LogP contribution is 2.33. The van der Waals surface area contributed by atoms with Crippen LogP contribution in [0.3, 0.4) is 0 Å². The molecule has 71 heavy (non-hydrogen) atoms. The van der Waals surface area contributed by atoms with E-state index >= 15 is 0 Å². The quantitative estimate of drug-likeness (QED) is 0.102. The Labute approximate surface area is 423 Å². The number of hydrogen-bond donors (Lipinski definition) is 1. The third kappa shape index (κ3) is 15.9. The van der Waals surface area contributed by atoms with Crippen LogP contribution in [0.1, 0.15) is 125 Å². The van der Waals surface area contributed by atoms with E-state index in [0.717, 1.165) is 18.4 Å². The van der Waals surface area contributed by atoms with Crippen LogP contribution in [0.2, 0.25) is 0 Å². The first-order chi connectivity index (χ1) is 33.4.